The number of hydrogen-bond donors (Lipinski definition) is 1. The summed E-state index contributed by atoms with van der Waals surface area (Å²) in [6.45, 7) is 0. The minimum atomic E-state index is -0.318. The van der Waals surface area contributed by atoms with Crippen molar-refractivity contribution in [2.24, 2.45) is 5.73 Å². The highest BCUT2D eigenvalue weighted by Gasteiger charge is 2.21. The molecule has 2 aromatic rings. The van der Waals surface area contributed by atoms with Crippen LogP contribution in [0.1, 0.15) is 30.0 Å². The number of hydrogen-bond acceptors (Lipinski definition) is 2. The summed E-state index contributed by atoms with van der Waals surface area (Å²) in [7, 11) is 0. The summed E-state index contributed by atoms with van der Waals surface area (Å²) in [5, 5.41) is 0.399. The standard InChI is InChI=1S/C15H14ClFN2/c16-9-4-5-11(14(17)6-9)12-7-19-8-13-10(12)2-1-3-15(13)18/h4-8,15H,1-3,18H2. The van der Waals surface area contributed by atoms with Crippen LogP contribution in [0.25, 0.3) is 11.1 Å². The summed E-state index contributed by atoms with van der Waals surface area (Å²) < 4.78 is 14.1. The van der Waals surface area contributed by atoms with E-state index in [-0.39, 0.29) is 11.9 Å². The second-order valence-electron chi connectivity index (χ2n) is 4.88. The van der Waals surface area contributed by atoms with E-state index in [9.17, 15) is 4.39 Å². The van der Waals surface area contributed by atoms with Crippen LogP contribution < -0.4 is 5.73 Å². The number of benzene rings is 1. The zero-order valence-electron chi connectivity index (χ0n) is 10.4. The number of pyridine rings is 1. The second-order valence-corrected chi connectivity index (χ2v) is 5.31. The summed E-state index contributed by atoms with van der Waals surface area (Å²) >= 11 is 5.80. The van der Waals surface area contributed by atoms with Crippen molar-refractivity contribution >= 4 is 11.6 Å². The van der Waals surface area contributed by atoms with Crippen LogP contribution in [0.5, 0.6) is 0 Å². The first-order valence-corrected chi connectivity index (χ1v) is 6.72. The first-order valence-electron chi connectivity index (χ1n) is 6.34. The monoisotopic (exact) mass is 276 g/mol. The Balaban J connectivity index is 2.18. The Bertz CT molecular complexity index is 628. The van der Waals surface area contributed by atoms with Crippen molar-refractivity contribution in [3.63, 3.8) is 0 Å². The van der Waals surface area contributed by atoms with E-state index < -0.39 is 0 Å². The number of fused-ring (bicyclic) bond motifs is 1. The maximum Gasteiger partial charge on any atom is 0.132 e. The summed E-state index contributed by atoms with van der Waals surface area (Å²) in [6.07, 6.45) is 6.42. The molecule has 1 atom stereocenters. The van der Waals surface area contributed by atoms with E-state index in [1.54, 1.807) is 24.5 Å². The Kier molecular flexibility index (Phi) is 3.25. The Hall–Kier alpha value is -1.45. The Labute approximate surface area is 116 Å². The predicted octanol–water partition coefficient (Wildman–Crippen LogP) is 3.88. The van der Waals surface area contributed by atoms with Crippen molar-refractivity contribution in [2.75, 3.05) is 0 Å². The van der Waals surface area contributed by atoms with Crippen molar-refractivity contribution in [2.45, 2.75) is 25.3 Å². The molecule has 1 unspecified atom stereocenters. The average Bonchev–Trinajstić information content (AvgIpc) is 2.39. The third-order valence-electron chi connectivity index (χ3n) is 3.65. The van der Waals surface area contributed by atoms with Gasteiger partial charge in [-0.15, -0.1) is 0 Å². The molecule has 0 saturated carbocycles. The average molecular weight is 277 g/mol. The van der Waals surface area contributed by atoms with Gasteiger partial charge in [-0.05, 0) is 48.6 Å². The fraction of sp³-hybridized carbons (Fsp3) is 0.267. The van der Waals surface area contributed by atoms with Gasteiger partial charge in [0.1, 0.15) is 5.82 Å². The Morgan fingerprint density at radius 2 is 2.11 bits per heavy atom. The van der Waals surface area contributed by atoms with Crippen LogP contribution in [0.4, 0.5) is 4.39 Å². The molecule has 1 aliphatic rings. The van der Waals surface area contributed by atoms with Gasteiger partial charge in [-0.1, -0.05) is 11.6 Å². The number of nitrogens with two attached hydrogens (primary N) is 1. The minimum Gasteiger partial charge on any atom is -0.324 e. The van der Waals surface area contributed by atoms with Crippen LogP contribution in [0.2, 0.25) is 5.02 Å². The van der Waals surface area contributed by atoms with E-state index in [0.29, 0.717) is 10.6 Å². The van der Waals surface area contributed by atoms with Gasteiger partial charge < -0.3 is 5.73 Å². The molecule has 3 rings (SSSR count). The van der Waals surface area contributed by atoms with E-state index in [1.165, 1.54) is 6.07 Å². The maximum absolute atomic E-state index is 14.1. The van der Waals surface area contributed by atoms with Gasteiger partial charge in [0.2, 0.25) is 0 Å². The summed E-state index contributed by atoms with van der Waals surface area (Å²) in [4.78, 5) is 4.21. The minimum absolute atomic E-state index is 0.00608. The largest absolute Gasteiger partial charge is 0.324 e. The van der Waals surface area contributed by atoms with Gasteiger partial charge in [-0.25, -0.2) is 4.39 Å². The van der Waals surface area contributed by atoms with Crippen LogP contribution >= 0.6 is 11.6 Å². The molecule has 2 N–H and O–H groups in total. The van der Waals surface area contributed by atoms with Crippen molar-refractivity contribution in [3.8, 4) is 11.1 Å². The molecule has 0 radical (unpaired) electrons. The second kappa shape index (κ2) is 4.91. The Morgan fingerprint density at radius 3 is 2.89 bits per heavy atom. The first-order chi connectivity index (χ1) is 9.16. The van der Waals surface area contributed by atoms with Crippen molar-refractivity contribution < 1.29 is 4.39 Å². The van der Waals surface area contributed by atoms with E-state index in [1.807, 2.05) is 0 Å². The van der Waals surface area contributed by atoms with Crippen LogP contribution in [0.3, 0.4) is 0 Å². The molecule has 0 aliphatic heterocycles. The van der Waals surface area contributed by atoms with Crippen molar-refractivity contribution in [3.05, 3.63) is 52.6 Å². The van der Waals surface area contributed by atoms with Gasteiger partial charge in [-0.2, -0.15) is 0 Å². The van der Waals surface area contributed by atoms with E-state index in [4.69, 9.17) is 17.3 Å². The lowest BCUT2D eigenvalue weighted by atomic mass is 9.85. The molecule has 4 heteroatoms. The number of halogens is 2. The van der Waals surface area contributed by atoms with Crippen LogP contribution in [-0.2, 0) is 6.42 Å². The van der Waals surface area contributed by atoms with Gasteiger partial charge in [0.15, 0.2) is 0 Å². The lowest BCUT2D eigenvalue weighted by molar-refractivity contribution is 0.568. The van der Waals surface area contributed by atoms with E-state index in [2.05, 4.69) is 4.98 Å². The maximum atomic E-state index is 14.1. The van der Waals surface area contributed by atoms with Gasteiger partial charge in [0.25, 0.3) is 0 Å². The third-order valence-corrected chi connectivity index (χ3v) is 3.89. The van der Waals surface area contributed by atoms with Crippen LogP contribution in [-0.4, -0.2) is 4.98 Å². The lowest BCUT2D eigenvalue weighted by Gasteiger charge is -2.24. The number of rotatable bonds is 1. The van der Waals surface area contributed by atoms with E-state index >= 15 is 0 Å². The molecule has 2 nitrogen and oxygen atoms in total. The van der Waals surface area contributed by atoms with Gasteiger partial charge >= 0.3 is 0 Å². The first kappa shape index (κ1) is 12.6. The fourth-order valence-electron chi connectivity index (χ4n) is 2.70. The highest BCUT2D eigenvalue weighted by Crippen LogP contribution is 2.35. The highest BCUT2D eigenvalue weighted by molar-refractivity contribution is 6.30. The summed E-state index contributed by atoms with van der Waals surface area (Å²) in [6, 6.07) is 4.74. The fourth-order valence-corrected chi connectivity index (χ4v) is 2.86. The quantitative estimate of drug-likeness (QED) is 0.858. The molecule has 1 heterocycles. The zero-order valence-corrected chi connectivity index (χ0v) is 11.1. The summed E-state index contributed by atoms with van der Waals surface area (Å²) in [5.74, 6) is -0.318. The van der Waals surface area contributed by atoms with Gasteiger partial charge in [0, 0.05) is 34.6 Å². The van der Waals surface area contributed by atoms with Crippen molar-refractivity contribution in [1.82, 2.24) is 4.98 Å². The van der Waals surface area contributed by atoms with Crippen LogP contribution in [0.15, 0.2) is 30.6 Å². The van der Waals surface area contributed by atoms with Gasteiger partial charge in [-0.3, -0.25) is 4.98 Å². The van der Waals surface area contributed by atoms with Crippen LogP contribution in [0, 0.1) is 5.82 Å². The molecule has 0 fully saturated rings. The molecule has 1 aromatic carbocycles. The number of nitrogens with zero attached hydrogens (tertiary/aromatic N) is 1. The smallest absolute Gasteiger partial charge is 0.132 e. The molecule has 1 aromatic heterocycles. The number of aromatic nitrogens is 1. The normalized spacial score (nSPS) is 18.2. The van der Waals surface area contributed by atoms with Gasteiger partial charge in [0.05, 0.1) is 0 Å². The predicted molar refractivity (Wildman–Crippen MR) is 74.5 cm³/mol. The molecule has 0 spiro atoms. The molecular weight excluding hydrogens is 263 g/mol. The molecule has 0 amide bonds. The SMILES string of the molecule is NC1CCCc2c(-c3ccc(Cl)cc3F)cncc21. The molecule has 0 bridgehead atoms. The molecule has 98 valence electrons. The van der Waals surface area contributed by atoms with E-state index in [0.717, 1.165) is 36.0 Å². The third kappa shape index (κ3) is 2.24. The lowest BCUT2D eigenvalue weighted by Crippen LogP contribution is -2.18. The zero-order chi connectivity index (χ0) is 13.4. The molecular formula is C15H14ClFN2. The summed E-state index contributed by atoms with van der Waals surface area (Å²) in [5.41, 5.74) is 9.64. The molecule has 1 aliphatic carbocycles. The Morgan fingerprint density at radius 1 is 1.26 bits per heavy atom. The molecule has 0 saturated heterocycles. The molecule has 19 heavy (non-hydrogen) atoms. The van der Waals surface area contributed by atoms with Crippen molar-refractivity contribution in [1.29, 1.82) is 0 Å². The highest BCUT2D eigenvalue weighted by atomic mass is 35.5. The topological polar surface area (TPSA) is 38.9 Å².